The van der Waals surface area contributed by atoms with E-state index in [1.807, 2.05) is 0 Å². The molecule has 0 radical (unpaired) electrons. The first-order chi connectivity index (χ1) is 15.6. The first-order valence-corrected chi connectivity index (χ1v) is 9.88. The quantitative estimate of drug-likeness (QED) is 0.430. The number of nitrogens with one attached hydrogen (secondary N) is 1. The monoisotopic (exact) mass is 433 g/mol. The topological polar surface area (TPSA) is 123 Å². The van der Waals surface area contributed by atoms with Crippen LogP contribution in [0, 0.1) is 5.95 Å². The molecule has 11 nitrogen and oxygen atoms in total. The summed E-state index contributed by atoms with van der Waals surface area (Å²) in [7, 11) is 1.77. The molecule has 12 heteroatoms. The van der Waals surface area contributed by atoms with Gasteiger partial charge in [0.05, 0.1) is 35.0 Å². The van der Waals surface area contributed by atoms with E-state index in [0.717, 1.165) is 5.69 Å². The zero-order valence-electron chi connectivity index (χ0n) is 16.8. The third-order valence-electron chi connectivity index (χ3n) is 5.48. The average molecular weight is 433 g/mol. The van der Waals surface area contributed by atoms with Crippen LogP contribution in [0.15, 0.2) is 47.4 Å². The number of hydrogen-bond acceptors (Lipinski definition) is 7. The smallest absolute Gasteiger partial charge is 0.312 e. The maximum absolute atomic E-state index is 14.2. The Morgan fingerprint density at radius 2 is 2.22 bits per heavy atom. The molecule has 0 fully saturated rings. The molecular formula is C20H16FN9O2. The molecule has 0 saturated heterocycles. The predicted octanol–water partition coefficient (Wildman–Crippen LogP) is 1.77. The fourth-order valence-electron chi connectivity index (χ4n) is 4.01. The lowest BCUT2D eigenvalue weighted by molar-refractivity contribution is 0.0646. The lowest BCUT2D eigenvalue weighted by Crippen LogP contribution is -2.41. The summed E-state index contributed by atoms with van der Waals surface area (Å²) in [5.41, 5.74) is 3.23. The van der Waals surface area contributed by atoms with Crippen molar-refractivity contribution in [2.75, 3.05) is 6.54 Å². The van der Waals surface area contributed by atoms with Crippen molar-refractivity contribution in [1.29, 1.82) is 0 Å². The van der Waals surface area contributed by atoms with Gasteiger partial charge in [-0.05, 0) is 18.2 Å². The van der Waals surface area contributed by atoms with E-state index >= 15 is 0 Å². The van der Waals surface area contributed by atoms with E-state index in [0.29, 0.717) is 35.4 Å². The molecule has 5 aromatic heterocycles. The summed E-state index contributed by atoms with van der Waals surface area (Å²) in [6.07, 6.45) is 5.44. The van der Waals surface area contributed by atoms with E-state index in [2.05, 4.69) is 30.4 Å². The van der Waals surface area contributed by atoms with E-state index in [9.17, 15) is 9.18 Å². The molecule has 6 heterocycles. The van der Waals surface area contributed by atoms with Gasteiger partial charge in [-0.1, -0.05) is 6.07 Å². The van der Waals surface area contributed by atoms with Gasteiger partial charge >= 0.3 is 11.8 Å². The van der Waals surface area contributed by atoms with Crippen LogP contribution in [0.2, 0.25) is 0 Å². The number of aromatic amines is 1. The Kier molecular flexibility index (Phi) is 3.93. The van der Waals surface area contributed by atoms with Gasteiger partial charge < -0.3 is 14.3 Å². The van der Waals surface area contributed by atoms with Crippen LogP contribution in [0.3, 0.4) is 0 Å². The number of H-pyrrole nitrogens is 1. The number of fused-ring (bicyclic) bond motifs is 2. The number of rotatable bonds is 3. The average Bonchev–Trinajstić information content (AvgIpc) is 3.57. The van der Waals surface area contributed by atoms with Crippen molar-refractivity contribution in [2.45, 2.75) is 12.5 Å². The maximum atomic E-state index is 14.2. The number of aryl methyl sites for hydroxylation is 1. The van der Waals surface area contributed by atoms with Crippen molar-refractivity contribution in [2.24, 2.45) is 7.05 Å². The molecule has 0 unspecified atom stereocenters. The van der Waals surface area contributed by atoms with Crippen LogP contribution in [0.4, 0.5) is 4.39 Å². The van der Waals surface area contributed by atoms with Crippen LogP contribution in [0.1, 0.15) is 33.8 Å². The van der Waals surface area contributed by atoms with Crippen LogP contribution in [-0.4, -0.2) is 56.9 Å². The van der Waals surface area contributed by atoms with E-state index in [1.54, 1.807) is 53.5 Å². The van der Waals surface area contributed by atoms with Gasteiger partial charge in [0.2, 0.25) is 5.95 Å². The van der Waals surface area contributed by atoms with Gasteiger partial charge in [-0.15, -0.1) is 10.2 Å². The Morgan fingerprint density at radius 3 is 3.03 bits per heavy atom. The van der Waals surface area contributed by atoms with Crippen molar-refractivity contribution >= 4 is 11.4 Å². The number of imidazole rings is 1. The number of nitrogens with zero attached hydrogens (tertiary/aromatic N) is 8. The number of halogens is 1. The lowest BCUT2D eigenvalue weighted by Gasteiger charge is -2.32. The molecule has 0 aliphatic carbocycles. The molecule has 1 atom stereocenters. The third kappa shape index (κ3) is 2.80. The van der Waals surface area contributed by atoms with Gasteiger partial charge in [0.25, 0.3) is 5.89 Å². The molecule has 0 saturated carbocycles. The number of amides is 1. The minimum Gasteiger partial charge on any atom is -0.412 e. The molecule has 1 aliphatic rings. The summed E-state index contributed by atoms with van der Waals surface area (Å²) in [6, 6.07) is 5.79. The molecular weight excluding hydrogens is 417 g/mol. The SMILES string of the molecule is Cn1cc(-c2nnc(C(=O)N3CCc4[nH]cnc4[C@H]3c3cc4cccc(F)n4n3)o2)cn1. The van der Waals surface area contributed by atoms with Gasteiger partial charge in [-0.25, -0.2) is 9.50 Å². The highest BCUT2D eigenvalue weighted by Crippen LogP contribution is 2.34. The molecule has 6 rings (SSSR count). The largest absolute Gasteiger partial charge is 0.412 e. The summed E-state index contributed by atoms with van der Waals surface area (Å²) in [5.74, 6) is -0.903. The zero-order chi connectivity index (χ0) is 21.8. The first-order valence-electron chi connectivity index (χ1n) is 9.88. The summed E-state index contributed by atoms with van der Waals surface area (Å²) in [4.78, 5) is 22.5. The molecule has 1 amide bonds. The van der Waals surface area contributed by atoms with Crippen molar-refractivity contribution in [3.8, 4) is 11.5 Å². The highest BCUT2D eigenvalue weighted by Gasteiger charge is 2.38. The van der Waals surface area contributed by atoms with Crippen LogP contribution in [0.5, 0.6) is 0 Å². The minimum atomic E-state index is -0.634. The predicted molar refractivity (Wildman–Crippen MR) is 107 cm³/mol. The van der Waals surface area contributed by atoms with Gasteiger partial charge in [0.1, 0.15) is 6.04 Å². The highest BCUT2D eigenvalue weighted by molar-refractivity contribution is 5.90. The van der Waals surface area contributed by atoms with E-state index in [1.165, 1.54) is 10.6 Å². The van der Waals surface area contributed by atoms with E-state index in [4.69, 9.17) is 4.42 Å². The molecule has 0 spiro atoms. The summed E-state index contributed by atoms with van der Waals surface area (Å²) >= 11 is 0. The number of aromatic nitrogens is 8. The summed E-state index contributed by atoms with van der Waals surface area (Å²) in [5, 5.41) is 16.4. The Morgan fingerprint density at radius 1 is 1.31 bits per heavy atom. The minimum absolute atomic E-state index is 0.150. The van der Waals surface area contributed by atoms with Crippen molar-refractivity contribution < 1.29 is 13.6 Å². The molecule has 1 aliphatic heterocycles. The van der Waals surface area contributed by atoms with Gasteiger partial charge in [-0.3, -0.25) is 9.48 Å². The Labute approximate surface area is 179 Å². The number of hydrogen-bond donors (Lipinski definition) is 1. The van der Waals surface area contributed by atoms with Crippen LogP contribution < -0.4 is 0 Å². The maximum Gasteiger partial charge on any atom is 0.312 e. The molecule has 1 N–H and O–H groups in total. The molecule has 0 aromatic carbocycles. The molecule has 32 heavy (non-hydrogen) atoms. The second-order valence-electron chi connectivity index (χ2n) is 7.49. The summed E-state index contributed by atoms with van der Waals surface area (Å²) < 4.78 is 22.7. The normalized spacial score (nSPS) is 15.9. The van der Waals surface area contributed by atoms with Gasteiger partial charge in [-0.2, -0.15) is 14.6 Å². The molecule has 5 aromatic rings. The first kappa shape index (κ1) is 18.4. The Balaban J connectivity index is 1.41. The van der Waals surface area contributed by atoms with Crippen LogP contribution >= 0.6 is 0 Å². The van der Waals surface area contributed by atoms with E-state index < -0.39 is 17.9 Å². The van der Waals surface area contributed by atoms with Gasteiger partial charge in [0, 0.05) is 31.9 Å². The lowest BCUT2D eigenvalue weighted by atomic mass is 9.99. The fraction of sp³-hybridized carbons (Fsp3) is 0.200. The standard InChI is InChI=1S/C20H16FN9O2/c1-28-9-11(8-24-28)18-25-26-19(32-18)20(31)29-6-5-13-16(23-10-22-13)17(29)14-7-12-3-2-4-15(21)30(12)27-14/h2-4,7-10,17H,5-6H2,1H3,(H,22,23)/t17-/m1/s1. The van der Waals surface area contributed by atoms with Crippen molar-refractivity contribution in [3.05, 3.63) is 71.9 Å². The Bertz CT molecular complexity index is 1460. The second kappa shape index (κ2) is 6.83. The Hall–Kier alpha value is -4.35. The van der Waals surface area contributed by atoms with Crippen molar-refractivity contribution in [3.63, 3.8) is 0 Å². The van der Waals surface area contributed by atoms with Crippen LogP contribution in [0.25, 0.3) is 17.0 Å². The van der Waals surface area contributed by atoms with E-state index in [-0.39, 0.29) is 11.8 Å². The molecule has 160 valence electrons. The van der Waals surface area contributed by atoms with Crippen LogP contribution in [-0.2, 0) is 13.5 Å². The van der Waals surface area contributed by atoms with Gasteiger partial charge in [0.15, 0.2) is 0 Å². The summed E-state index contributed by atoms with van der Waals surface area (Å²) in [6.45, 7) is 0.375. The highest BCUT2D eigenvalue weighted by atomic mass is 19.1. The van der Waals surface area contributed by atoms with Crippen molar-refractivity contribution in [1.82, 2.24) is 44.5 Å². The number of carbonyl (C=O) groups is 1. The fourth-order valence-corrected chi connectivity index (χ4v) is 4.01. The number of carbonyl (C=O) groups excluding carboxylic acids is 1. The number of pyridine rings is 1. The second-order valence-corrected chi connectivity index (χ2v) is 7.49. The third-order valence-corrected chi connectivity index (χ3v) is 5.48. The zero-order valence-corrected chi connectivity index (χ0v) is 16.8. The molecule has 0 bridgehead atoms.